The van der Waals surface area contributed by atoms with Crippen molar-refractivity contribution in [3.8, 4) is 0 Å². The van der Waals surface area contributed by atoms with E-state index >= 15 is 0 Å². The summed E-state index contributed by atoms with van der Waals surface area (Å²) >= 11 is 0. The molecule has 6 heteroatoms. The number of rotatable bonds is 2. The molecule has 0 bridgehead atoms. The number of nitrogens with zero attached hydrogens (tertiary/aromatic N) is 1. The summed E-state index contributed by atoms with van der Waals surface area (Å²) < 4.78 is 23.0. The molecule has 0 fully saturated rings. The Kier molecular flexibility index (Phi) is 3.45. The van der Waals surface area contributed by atoms with E-state index in [0.717, 1.165) is 6.26 Å². The zero-order valence-corrected chi connectivity index (χ0v) is 11.6. The van der Waals surface area contributed by atoms with Crippen molar-refractivity contribution in [2.75, 3.05) is 17.7 Å². The van der Waals surface area contributed by atoms with Crippen LogP contribution in [0.1, 0.15) is 23.7 Å². The smallest absolute Gasteiger partial charge is 0.245 e. The lowest BCUT2D eigenvalue weighted by Crippen LogP contribution is -2.44. The van der Waals surface area contributed by atoms with E-state index in [9.17, 15) is 18.0 Å². The third kappa shape index (κ3) is 2.53. The number of carbonyl (C=O) groups excluding carboxylic acids is 2. The van der Waals surface area contributed by atoms with Crippen molar-refractivity contribution in [2.45, 2.75) is 18.6 Å². The molecule has 2 rings (SSSR count). The van der Waals surface area contributed by atoms with Gasteiger partial charge >= 0.3 is 0 Å². The third-order valence-corrected chi connectivity index (χ3v) is 4.80. The average Bonchev–Trinajstić information content (AvgIpc) is 2.37. The van der Waals surface area contributed by atoms with Crippen molar-refractivity contribution >= 4 is 27.2 Å². The topological polar surface area (TPSA) is 71.5 Å². The van der Waals surface area contributed by atoms with Crippen LogP contribution in [0.4, 0.5) is 5.69 Å². The lowest BCUT2D eigenvalue weighted by Gasteiger charge is -2.30. The maximum absolute atomic E-state index is 12.2. The first-order chi connectivity index (χ1) is 8.82. The van der Waals surface area contributed by atoms with Gasteiger partial charge in [-0.2, -0.15) is 0 Å². The number of benzene rings is 1. The number of anilines is 1. The number of hydrogen-bond donors (Lipinski definition) is 0. The highest BCUT2D eigenvalue weighted by Crippen LogP contribution is 2.27. The summed E-state index contributed by atoms with van der Waals surface area (Å²) in [5, 5.41) is -1.10. The third-order valence-electron chi connectivity index (χ3n) is 3.31. The Morgan fingerprint density at radius 2 is 1.95 bits per heavy atom. The van der Waals surface area contributed by atoms with Gasteiger partial charge in [-0.25, -0.2) is 8.42 Å². The lowest BCUT2D eigenvalue weighted by molar-refractivity contribution is -0.118. The first-order valence-electron chi connectivity index (χ1n) is 5.95. The normalized spacial score (nSPS) is 16.9. The molecule has 5 nitrogen and oxygen atoms in total. The molecule has 1 aliphatic heterocycles. The van der Waals surface area contributed by atoms with Crippen LogP contribution in [0.3, 0.4) is 0 Å². The van der Waals surface area contributed by atoms with Gasteiger partial charge in [-0.05, 0) is 19.1 Å². The number of para-hydroxylation sites is 1. The van der Waals surface area contributed by atoms with Crippen LogP contribution in [0.5, 0.6) is 0 Å². The Balaban J connectivity index is 2.41. The minimum absolute atomic E-state index is 0.0216. The van der Waals surface area contributed by atoms with Crippen LogP contribution >= 0.6 is 0 Å². The first-order valence-corrected chi connectivity index (χ1v) is 7.90. The predicted octanol–water partition coefficient (Wildman–Crippen LogP) is 1.04. The van der Waals surface area contributed by atoms with Crippen molar-refractivity contribution in [2.24, 2.45) is 0 Å². The Morgan fingerprint density at radius 3 is 2.58 bits per heavy atom. The molecule has 1 unspecified atom stereocenters. The minimum atomic E-state index is -3.44. The Morgan fingerprint density at radius 1 is 1.32 bits per heavy atom. The van der Waals surface area contributed by atoms with E-state index in [2.05, 4.69) is 0 Å². The number of fused-ring (bicyclic) bond motifs is 1. The van der Waals surface area contributed by atoms with Crippen LogP contribution < -0.4 is 4.90 Å². The molecule has 1 aromatic carbocycles. The van der Waals surface area contributed by atoms with Crippen LogP contribution in [-0.2, 0) is 14.6 Å². The van der Waals surface area contributed by atoms with Crippen molar-refractivity contribution in [3.63, 3.8) is 0 Å². The monoisotopic (exact) mass is 281 g/mol. The molecule has 1 atom stereocenters. The summed E-state index contributed by atoms with van der Waals surface area (Å²) in [4.78, 5) is 25.4. The van der Waals surface area contributed by atoms with Gasteiger partial charge in [-0.1, -0.05) is 12.1 Å². The zero-order chi connectivity index (χ0) is 14.2. The Hall–Kier alpha value is -1.69. The van der Waals surface area contributed by atoms with Crippen molar-refractivity contribution in [3.05, 3.63) is 29.8 Å². The fraction of sp³-hybridized carbons (Fsp3) is 0.385. The second kappa shape index (κ2) is 4.77. The number of carbonyl (C=O) groups is 2. The Bertz CT molecular complexity index is 636. The van der Waals surface area contributed by atoms with E-state index in [1.165, 1.54) is 11.8 Å². The van der Waals surface area contributed by atoms with Crippen LogP contribution in [-0.4, -0.2) is 38.2 Å². The fourth-order valence-electron chi connectivity index (χ4n) is 2.04. The van der Waals surface area contributed by atoms with Crippen LogP contribution in [0.15, 0.2) is 24.3 Å². The molecule has 0 spiro atoms. The van der Waals surface area contributed by atoms with Crippen LogP contribution in [0, 0.1) is 0 Å². The molecule has 19 heavy (non-hydrogen) atoms. The van der Waals surface area contributed by atoms with E-state index in [-0.39, 0.29) is 18.7 Å². The van der Waals surface area contributed by atoms with Gasteiger partial charge in [0.05, 0.1) is 5.69 Å². The number of hydrogen-bond acceptors (Lipinski definition) is 4. The SMILES string of the molecule is CC(C(=O)N1CCC(=O)c2ccccc21)S(C)(=O)=O. The first kappa shape index (κ1) is 13.7. The van der Waals surface area contributed by atoms with Gasteiger partial charge in [0.25, 0.3) is 0 Å². The molecule has 0 radical (unpaired) electrons. The number of ketones is 1. The van der Waals surface area contributed by atoms with E-state index < -0.39 is 21.0 Å². The minimum Gasteiger partial charge on any atom is -0.310 e. The fourth-order valence-corrected chi connectivity index (χ4v) is 2.54. The standard InChI is InChI=1S/C13H15NO4S/c1-9(19(2,17)18)13(16)14-8-7-12(15)10-5-3-4-6-11(10)14/h3-6,9H,7-8H2,1-2H3. The molecule has 0 aromatic heterocycles. The van der Waals surface area contributed by atoms with E-state index in [1.807, 2.05) is 0 Å². The molecular weight excluding hydrogens is 266 g/mol. The second-order valence-corrected chi connectivity index (χ2v) is 7.02. The molecule has 0 saturated heterocycles. The molecule has 0 aliphatic carbocycles. The van der Waals surface area contributed by atoms with Crippen molar-refractivity contribution in [1.29, 1.82) is 0 Å². The van der Waals surface area contributed by atoms with Crippen LogP contribution in [0.25, 0.3) is 0 Å². The maximum Gasteiger partial charge on any atom is 0.245 e. The summed E-state index contributed by atoms with van der Waals surface area (Å²) in [6.07, 6.45) is 1.26. The van der Waals surface area contributed by atoms with Crippen LogP contribution in [0.2, 0.25) is 0 Å². The molecule has 102 valence electrons. The molecule has 1 aliphatic rings. The highest BCUT2D eigenvalue weighted by molar-refractivity contribution is 7.92. The molecule has 0 N–H and O–H groups in total. The molecule has 1 aromatic rings. The quantitative estimate of drug-likeness (QED) is 0.812. The number of sulfone groups is 1. The summed E-state index contributed by atoms with van der Waals surface area (Å²) in [7, 11) is -3.44. The lowest BCUT2D eigenvalue weighted by atomic mass is 10.0. The Labute approximate surface area is 112 Å². The van der Waals surface area contributed by atoms with E-state index in [1.54, 1.807) is 24.3 Å². The van der Waals surface area contributed by atoms with Gasteiger partial charge in [0.15, 0.2) is 15.6 Å². The molecule has 0 saturated carbocycles. The van der Waals surface area contributed by atoms with Crippen molar-refractivity contribution in [1.82, 2.24) is 0 Å². The largest absolute Gasteiger partial charge is 0.310 e. The van der Waals surface area contributed by atoms with Gasteiger partial charge in [-0.3, -0.25) is 9.59 Å². The maximum atomic E-state index is 12.2. The van der Waals surface area contributed by atoms with Gasteiger partial charge in [0, 0.05) is 24.8 Å². The highest BCUT2D eigenvalue weighted by atomic mass is 32.2. The second-order valence-electron chi connectivity index (χ2n) is 4.65. The van der Waals surface area contributed by atoms with Gasteiger partial charge in [0.1, 0.15) is 5.25 Å². The summed E-state index contributed by atoms with van der Waals surface area (Å²) in [5.74, 6) is -0.505. The summed E-state index contributed by atoms with van der Waals surface area (Å²) in [5.41, 5.74) is 0.974. The van der Waals surface area contributed by atoms with Gasteiger partial charge in [0.2, 0.25) is 5.91 Å². The van der Waals surface area contributed by atoms with E-state index in [0.29, 0.717) is 11.3 Å². The van der Waals surface area contributed by atoms with Gasteiger partial charge in [-0.15, -0.1) is 0 Å². The molecular formula is C13H15NO4S. The molecule has 1 heterocycles. The average molecular weight is 281 g/mol. The summed E-state index contributed by atoms with van der Waals surface area (Å²) in [6, 6.07) is 6.77. The summed E-state index contributed by atoms with van der Waals surface area (Å²) in [6.45, 7) is 1.60. The van der Waals surface area contributed by atoms with E-state index in [4.69, 9.17) is 0 Å². The van der Waals surface area contributed by atoms with Crippen molar-refractivity contribution < 1.29 is 18.0 Å². The number of amides is 1. The van der Waals surface area contributed by atoms with Gasteiger partial charge < -0.3 is 4.90 Å². The molecule has 1 amide bonds. The highest BCUT2D eigenvalue weighted by Gasteiger charge is 2.33. The number of Topliss-reactive ketones (excluding diaryl/α,β-unsaturated/α-hetero) is 1. The predicted molar refractivity (Wildman–Crippen MR) is 72.0 cm³/mol. The zero-order valence-electron chi connectivity index (χ0n) is 10.8.